The van der Waals surface area contributed by atoms with Gasteiger partial charge < -0.3 is 5.32 Å². The lowest BCUT2D eigenvalue weighted by Gasteiger charge is -2.08. The molecule has 8 heteroatoms. The van der Waals surface area contributed by atoms with Crippen LogP contribution in [0.15, 0.2) is 48.1 Å². The molecule has 3 rings (SSSR count). The predicted molar refractivity (Wildman–Crippen MR) is 84.8 cm³/mol. The number of rotatable bonds is 3. The van der Waals surface area contributed by atoms with Crippen LogP contribution in [0.25, 0.3) is 11.3 Å². The number of anilines is 2. The van der Waals surface area contributed by atoms with Crippen molar-refractivity contribution in [1.29, 1.82) is 5.26 Å². The molecule has 1 aromatic carbocycles. The molecule has 0 amide bonds. The summed E-state index contributed by atoms with van der Waals surface area (Å²) in [5.74, 6) is 0. The van der Waals surface area contributed by atoms with Crippen molar-refractivity contribution in [1.82, 2.24) is 9.97 Å². The Morgan fingerprint density at radius 2 is 2.00 bits per heavy atom. The average Bonchev–Trinajstić information content (AvgIpc) is 3.03. The number of hydrogen-bond acceptors (Lipinski definition) is 5. The molecule has 1 N–H and O–H groups in total. The fraction of sp³-hybridized carbons (Fsp3) is 0.0625. The predicted octanol–water partition coefficient (Wildman–Crippen LogP) is 4.84. The minimum absolute atomic E-state index is 0.205. The number of nitrogens with one attached hydrogen (secondary N) is 1. The zero-order valence-corrected chi connectivity index (χ0v) is 12.8. The van der Waals surface area contributed by atoms with Gasteiger partial charge in [0.05, 0.1) is 34.8 Å². The molecular weight excluding hydrogens is 337 g/mol. The van der Waals surface area contributed by atoms with E-state index >= 15 is 0 Å². The highest BCUT2D eigenvalue weighted by atomic mass is 32.1. The summed E-state index contributed by atoms with van der Waals surface area (Å²) < 4.78 is 38.1. The first-order chi connectivity index (χ1) is 11.5. The Morgan fingerprint density at radius 1 is 1.17 bits per heavy atom. The molecule has 0 bridgehead atoms. The van der Waals surface area contributed by atoms with Crippen LogP contribution in [0.5, 0.6) is 0 Å². The van der Waals surface area contributed by atoms with E-state index in [1.807, 2.05) is 12.1 Å². The standard InChI is InChI=1S/C16H9F3N4S/c17-16(18,19)12-5-13(8-21-7-12)22-15-23-14(9-24-15)11-3-1-2-10(4-11)6-20/h1-5,7-9H,(H,22,23). The molecule has 0 aliphatic rings. The van der Waals surface area contributed by atoms with Gasteiger partial charge in [0.15, 0.2) is 5.13 Å². The summed E-state index contributed by atoms with van der Waals surface area (Å²) >= 11 is 1.25. The normalized spacial score (nSPS) is 11.1. The van der Waals surface area contributed by atoms with E-state index in [9.17, 15) is 13.2 Å². The number of halogens is 3. The first-order valence-electron chi connectivity index (χ1n) is 6.71. The topological polar surface area (TPSA) is 61.6 Å². The first kappa shape index (κ1) is 16.0. The lowest BCUT2D eigenvalue weighted by molar-refractivity contribution is -0.137. The first-order valence-corrected chi connectivity index (χ1v) is 7.59. The molecule has 0 saturated carbocycles. The van der Waals surface area contributed by atoms with Crippen LogP contribution in [-0.2, 0) is 6.18 Å². The van der Waals surface area contributed by atoms with Crippen molar-refractivity contribution in [3.63, 3.8) is 0 Å². The number of thiazole rings is 1. The molecule has 24 heavy (non-hydrogen) atoms. The minimum Gasteiger partial charge on any atom is -0.330 e. The van der Waals surface area contributed by atoms with Crippen LogP contribution in [0, 0.1) is 11.3 Å². The van der Waals surface area contributed by atoms with E-state index in [1.165, 1.54) is 17.5 Å². The summed E-state index contributed by atoms with van der Waals surface area (Å²) in [5.41, 5.74) is 1.29. The Balaban J connectivity index is 1.83. The van der Waals surface area contributed by atoms with Crippen LogP contribution in [0.3, 0.4) is 0 Å². The minimum atomic E-state index is -4.45. The molecule has 0 fully saturated rings. The van der Waals surface area contributed by atoms with Gasteiger partial charge in [-0.1, -0.05) is 12.1 Å². The number of nitriles is 1. The van der Waals surface area contributed by atoms with Gasteiger partial charge in [-0.15, -0.1) is 11.3 Å². The quantitative estimate of drug-likeness (QED) is 0.737. The molecule has 0 saturated heterocycles. The Kier molecular flexibility index (Phi) is 4.18. The third-order valence-electron chi connectivity index (χ3n) is 3.11. The summed E-state index contributed by atoms with van der Waals surface area (Å²) in [6.07, 6.45) is -2.38. The van der Waals surface area contributed by atoms with E-state index in [0.717, 1.165) is 17.8 Å². The maximum atomic E-state index is 12.7. The van der Waals surface area contributed by atoms with Crippen molar-refractivity contribution < 1.29 is 13.2 Å². The van der Waals surface area contributed by atoms with Crippen molar-refractivity contribution in [2.45, 2.75) is 6.18 Å². The maximum absolute atomic E-state index is 12.7. The zero-order chi connectivity index (χ0) is 17.2. The Labute approximate surface area is 139 Å². The summed E-state index contributed by atoms with van der Waals surface area (Å²) in [7, 11) is 0. The van der Waals surface area contributed by atoms with Crippen molar-refractivity contribution >= 4 is 22.2 Å². The highest BCUT2D eigenvalue weighted by molar-refractivity contribution is 7.14. The fourth-order valence-electron chi connectivity index (χ4n) is 2.00. The van der Waals surface area contributed by atoms with Crippen molar-refractivity contribution in [2.24, 2.45) is 0 Å². The SMILES string of the molecule is N#Cc1cccc(-c2csc(Nc3cncc(C(F)(F)F)c3)n2)c1. The fourth-order valence-corrected chi connectivity index (χ4v) is 2.74. The summed E-state index contributed by atoms with van der Waals surface area (Å²) in [6, 6.07) is 9.97. The molecule has 0 spiro atoms. The molecule has 2 aromatic heterocycles. The van der Waals surface area contributed by atoms with Crippen molar-refractivity contribution in [2.75, 3.05) is 5.32 Å². The van der Waals surface area contributed by atoms with Crippen molar-refractivity contribution in [3.05, 3.63) is 59.2 Å². The third kappa shape index (κ3) is 3.52. The van der Waals surface area contributed by atoms with Gasteiger partial charge in [0.25, 0.3) is 0 Å². The highest BCUT2D eigenvalue weighted by Gasteiger charge is 2.31. The second-order valence-corrected chi connectivity index (χ2v) is 5.67. The number of aromatic nitrogens is 2. The smallest absolute Gasteiger partial charge is 0.330 e. The van der Waals surface area contributed by atoms with Gasteiger partial charge in [-0.2, -0.15) is 18.4 Å². The van der Waals surface area contributed by atoms with E-state index in [4.69, 9.17) is 5.26 Å². The Morgan fingerprint density at radius 3 is 2.75 bits per heavy atom. The number of alkyl halides is 3. The highest BCUT2D eigenvalue weighted by Crippen LogP contribution is 2.32. The molecule has 0 aliphatic carbocycles. The van der Waals surface area contributed by atoms with Crippen LogP contribution in [-0.4, -0.2) is 9.97 Å². The van der Waals surface area contributed by atoms with Gasteiger partial charge in [0, 0.05) is 17.1 Å². The van der Waals surface area contributed by atoms with Gasteiger partial charge in [0.1, 0.15) is 0 Å². The lowest BCUT2D eigenvalue weighted by atomic mass is 10.1. The second kappa shape index (κ2) is 6.29. The number of benzene rings is 1. The summed E-state index contributed by atoms with van der Waals surface area (Å²) in [5, 5.41) is 13.9. The van der Waals surface area contributed by atoms with E-state index in [2.05, 4.69) is 15.3 Å². The van der Waals surface area contributed by atoms with Gasteiger partial charge in [-0.25, -0.2) is 4.98 Å². The zero-order valence-electron chi connectivity index (χ0n) is 12.0. The number of pyridine rings is 1. The number of hydrogen-bond donors (Lipinski definition) is 1. The molecule has 120 valence electrons. The van der Waals surface area contributed by atoms with E-state index in [0.29, 0.717) is 16.4 Å². The largest absolute Gasteiger partial charge is 0.417 e. The monoisotopic (exact) mass is 346 g/mol. The lowest BCUT2D eigenvalue weighted by Crippen LogP contribution is -2.06. The summed E-state index contributed by atoms with van der Waals surface area (Å²) in [4.78, 5) is 7.93. The number of nitrogens with zero attached hydrogens (tertiary/aromatic N) is 3. The Hall–Kier alpha value is -2.92. The molecule has 0 aliphatic heterocycles. The van der Waals surface area contributed by atoms with Crippen LogP contribution in [0.4, 0.5) is 24.0 Å². The molecule has 0 atom stereocenters. The maximum Gasteiger partial charge on any atom is 0.417 e. The summed E-state index contributed by atoms with van der Waals surface area (Å²) in [6.45, 7) is 0. The van der Waals surface area contributed by atoms with Crippen LogP contribution >= 0.6 is 11.3 Å². The average molecular weight is 346 g/mol. The van der Waals surface area contributed by atoms with E-state index in [1.54, 1.807) is 23.6 Å². The van der Waals surface area contributed by atoms with Gasteiger partial charge in [-0.05, 0) is 18.2 Å². The Bertz CT molecular complexity index is 912. The van der Waals surface area contributed by atoms with Crippen LogP contribution in [0.1, 0.15) is 11.1 Å². The van der Waals surface area contributed by atoms with Gasteiger partial charge >= 0.3 is 6.18 Å². The molecular formula is C16H9F3N4S. The van der Waals surface area contributed by atoms with Gasteiger partial charge in [0.2, 0.25) is 0 Å². The molecule has 2 heterocycles. The van der Waals surface area contributed by atoms with Crippen LogP contribution in [0.2, 0.25) is 0 Å². The van der Waals surface area contributed by atoms with Crippen molar-refractivity contribution in [3.8, 4) is 17.3 Å². The second-order valence-electron chi connectivity index (χ2n) is 4.82. The van der Waals surface area contributed by atoms with Gasteiger partial charge in [-0.3, -0.25) is 4.98 Å². The third-order valence-corrected chi connectivity index (χ3v) is 3.87. The van der Waals surface area contributed by atoms with Crippen LogP contribution < -0.4 is 5.32 Å². The molecule has 0 unspecified atom stereocenters. The van der Waals surface area contributed by atoms with E-state index < -0.39 is 11.7 Å². The van der Waals surface area contributed by atoms with E-state index in [-0.39, 0.29) is 5.69 Å². The molecule has 4 nitrogen and oxygen atoms in total. The molecule has 3 aromatic rings. The molecule has 0 radical (unpaired) electrons.